The molecule has 38 heavy (non-hydrogen) atoms. The molecule has 2 bridgehead atoms. The lowest BCUT2D eigenvalue weighted by molar-refractivity contribution is -0.150. The van der Waals surface area contributed by atoms with E-state index in [0.29, 0.717) is 40.4 Å². The molecule has 1 aromatic heterocycles. The molecule has 1 N–H and O–H groups in total. The van der Waals surface area contributed by atoms with Crippen molar-refractivity contribution in [2.24, 2.45) is 5.41 Å². The highest BCUT2D eigenvalue weighted by Gasteiger charge is 2.50. The number of halogens is 3. The molecule has 7 rings (SSSR count). The summed E-state index contributed by atoms with van der Waals surface area (Å²) in [4.78, 5) is 11.3. The first-order valence-corrected chi connectivity index (χ1v) is 13.8. The smallest absolute Gasteiger partial charge is 0.335 e. The Bertz CT molecular complexity index is 1340. The van der Waals surface area contributed by atoms with E-state index in [9.17, 15) is 14.3 Å². The molecule has 6 nitrogen and oxygen atoms in total. The topological polar surface area (TPSA) is 81.8 Å². The zero-order valence-electron chi connectivity index (χ0n) is 20.8. The standard InChI is InChI=1S/C29H28Cl2FNO5/c30-22-2-1-3-23(31)24(22)25-21(26(38-33-25)17-4-5-17)15-37-29-9-6-28(7-10-29,8-11-29)16-36-20-13-18(27(34)35)12-19(32)14-20/h1-3,12-14,17H,4-11,15-16H2,(H,34,35). The van der Waals surface area contributed by atoms with Gasteiger partial charge in [-0.15, -0.1) is 0 Å². The van der Waals surface area contributed by atoms with Crippen LogP contribution in [0.25, 0.3) is 11.3 Å². The summed E-state index contributed by atoms with van der Waals surface area (Å²) in [6.07, 6.45) is 7.61. The summed E-state index contributed by atoms with van der Waals surface area (Å²) in [5, 5.41) is 14.6. The molecule has 0 amide bonds. The number of aromatic nitrogens is 1. The third-order valence-electron chi connectivity index (χ3n) is 8.49. The Morgan fingerprint density at radius 1 is 1.08 bits per heavy atom. The van der Waals surface area contributed by atoms with Gasteiger partial charge in [-0.05, 0) is 75.6 Å². The molecule has 200 valence electrons. The molecule has 0 unspecified atom stereocenters. The van der Waals surface area contributed by atoms with Crippen molar-refractivity contribution < 1.29 is 28.3 Å². The fourth-order valence-corrected chi connectivity index (χ4v) is 6.52. The number of aromatic carboxylic acids is 1. The maximum Gasteiger partial charge on any atom is 0.335 e. The summed E-state index contributed by atoms with van der Waals surface area (Å²) >= 11 is 13.0. The van der Waals surface area contributed by atoms with Gasteiger partial charge in [-0.25, -0.2) is 9.18 Å². The molecule has 3 aromatic rings. The average Bonchev–Trinajstić information content (AvgIpc) is 3.67. The summed E-state index contributed by atoms with van der Waals surface area (Å²) in [6.45, 7) is 0.815. The van der Waals surface area contributed by atoms with Crippen LogP contribution in [-0.4, -0.2) is 28.4 Å². The second-order valence-corrected chi connectivity index (χ2v) is 11.8. The van der Waals surface area contributed by atoms with Crippen molar-refractivity contribution in [2.75, 3.05) is 6.61 Å². The lowest BCUT2D eigenvalue weighted by Gasteiger charge is -2.52. The molecule has 4 aliphatic rings. The molecule has 0 saturated heterocycles. The van der Waals surface area contributed by atoms with Crippen molar-refractivity contribution in [3.63, 3.8) is 0 Å². The van der Waals surface area contributed by atoms with Crippen molar-refractivity contribution in [1.82, 2.24) is 5.16 Å². The summed E-state index contributed by atoms with van der Waals surface area (Å²) in [7, 11) is 0. The summed E-state index contributed by atoms with van der Waals surface area (Å²) in [5.74, 6) is -0.310. The van der Waals surface area contributed by atoms with E-state index in [1.54, 1.807) is 12.1 Å². The Kier molecular flexibility index (Phi) is 6.65. The number of fused-ring (bicyclic) bond motifs is 3. The summed E-state index contributed by atoms with van der Waals surface area (Å²) in [6, 6.07) is 9.02. The highest BCUT2D eigenvalue weighted by Crippen LogP contribution is 2.55. The number of benzene rings is 2. The van der Waals surface area contributed by atoms with E-state index in [1.807, 2.05) is 6.07 Å². The quantitative estimate of drug-likeness (QED) is 0.285. The van der Waals surface area contributed by atoms with Crippen molar-refractivity contribution in [3.05, 3.63) is 69.1 Å². The van der Waals surface area contributed by atoms with Gasteiger partial charge in [0.1, 0.15) is 23.0 Å². The Hall–Kier alpha value is -2.61. The zero-order valence-corrected chi connectivity index (χ0v) is 22.3. The molecule has 0 spiro atoms. The zero-order chi connectivity index (χ0) is 26.5. The number of carboxylic acids is 1. The van der Waals surface area contributed by atoms with Crippen molar-refractivity contribution in [2.45, 2.75) is 69.5 Å². The van der Waals surface area contributed by atoms with E-state index in [0.717, 1.165) is 68.8 Å². The molecule has 4 fully saturated rings. The van der Waals surface area contributed by atoms with Crippen LogP contribution in [0.1, 0.15) is 79.0 Å². The van der Waals surface area contributed by atoms with Crippen LogP contribution in [0.5, 0.6) is 5.75 Å². The van der Waals surface area contributed by atoms with Gasteiger partial charge in [0.25, 0.3) is 0 Å². The maximum atomic E-state index is 13.9. The minimum absolute atomic E-state index is 0.0204. The van der Waals surface area contributed by atoms with Gasteiger partial charge in [0.2, 0.25) is 0 Å². The van der Waals surface area contributed by atoms with Crippen molar-refractivity contribution in [1.29, 1.82) is 0 Å². The molecule has 9 heteroatoms. The fraction of sp³-hybridized carbons (Fsp3) is 0.448. The van der Waals surface area contributed by atoms with Crippen LogP contribution >= 0.6 is 23.2 Å². The first-order chi connectivity index (χ1) is 18.3. The van der Waals surface area contributed by atoms with Gasteiger partial charge in [0.05, 0.1) is 34.4 Å². The minimum Gasteiger partial charge on any atom is -0.493 e. The number of rotatable bonds is 9. The number of nitrogens with zero attached hydrogens (tertiary/aromatic N) is 1. The number of hydrogen-bond acceptors (Lipinski definition) is 5. The molecule has 4 saturated carbocycles. The molecule has 2 aromatic carbocycles. The van der Waals surface area contributed by atoms with Crippen LogP contribution in [0.3, 0.4) is 0 Å². The lowest BCUT2D eigenvalue weighted by Crippen LogP contribution is -2.49. The van der Waals surface area contributed by atoms with Crippen LogP contribution in [-0.2, 0) is 11.3 Å². The van der Waals surface area contributed by atoms with E-state index >= 15 is 0 Å². The highest BCUT2D eigenvalue weighted by molar-refractivity contribution is 6.39. The summed E-state index contributed by atoms with van der Waals surface area (Å²) < 4.78 is 32.3. The number of carbonyl (C=O) groups is 1. The first kappa shape index (κ1) is 25.7. The Balaban J connectivity index is 1.14. The number of ether oxygens (including phenoxy) is 2. The van der Waals surface area contributed by atoms with E-state index in [2.05, 4.69) is 5.16 Å². The number of carboxylic acid groups (broad SMARTS) is 1. The van der Waals surface area contributed by atoms with Gasteiger partial charge < -0.3 is 19.1 Å². The van der Waals surface area contributed by atoms with Crippen LogP contribution < -0.4 is 4.74 Å². The van der Waals surface area contributed by atoms with Crippen LogP contribution in [0, 0.1) is 11.2 Å². The molecule has 1 heterocycles. The molecular formula is C29H28Cl2FNO5. The first-order valence-electron chi connectivity index (χ1n) is 13.0. The normalized spacial score (nSPS) is 24.5. The Labute approximate surface area is 230 Å². The van der Waals surface area contributed by atoms with Gasteiger partial charge >= 0.3 is 5.97 Å². The SMILES string of the molecule is O=C(O)c1cc(F)cc(OCC23CCC(OCc4c(-c5c(Cl)cccc5Cl)noc4C4CC4)(CC2)CC3)c1. The van der Waals surface area contributed by atoms with E-state index < -0.39 is 11.8 Å². The molecule has 4 aliphatic carbocycles. The van der Waals surface area contributed by atoms with E-state index in [1.165, 1.54) is 12.1 Å². The monoisotopic (exact) mass is 559 g/mol. The second kappa shape index (κ2) is 9.85. The highest BCUT2D eigenvalue weighted by atomic mass is 35.5. The minimum atomic E-state index is -1.18. The van der Waals surface area contributed by atoms with Crippen molar-refractivity contribution >= 4 is 29.2 Å². The molecule has 0 radical (unpaired) electrons. The predicted molar refractivity (Wildman–Crippen MR) is 140 cm³/mol. The van der Waals surface area contributed by atoms with Gasteiger partial charge in [-0.1, -0.05) is 34.4 Å². The van der Waals surface area contributed by atoms with Crippen LogP contribution in [0.2, 0.25) is 10.0 Å². The van der Waals surface area contributed by atoms with Gasteiger partial charge in [0.15, 0.2) is 0 Å². The van der Waals surface area contributed by atoms with Crippen LogP contribution in [0.15, 0.2) is 40.9 Å². The van der Waals surface area contributed by atoms with E-state index in [-0.39, 0.29) is 22.3 Å². The average molecular weight is 560 g/mol. The van der Waals surface area contributed by atoms with E-state index in [4.69, 9.17) is 37.2 Å². The van der Waals surface area contributed by atoms with Gasteiger partial charge in [-0.3, -0.25) is 0 Å². The fourth-order valence-electron chi connectivity index (χ4n) is 5.94. The van der Waals surface area contributed by atoms with Gasteiger partial charge in [0, 0.05) is 28.5 Å². The molecular weight excluding hydrogens is 532 g/mol. The second-order valence-electron chi connectivity index (χ2n) is 11.0. The third kappa shape index (κ3) is 4.92. The lowest BCUT2D eigenvalue weighted by atomic mass is 9.59. The van der Waals surface area contributed by atoms with Crippen LogP contribution in [0.4, 0.5) is 4.39 Å². The largest absolute Gasteiger partial charge is 0.493 e. The Morgan fingerprint density at radius 2 is 1.76 bits per heavy atom. The maximum absolute atomic E-state index is 13.9. The van der Waals surface area contributed by atoms with Gasteiger partial charge in [-0.2, -0.15) is 0 Å². The summed E-state index contributed by atoms with van der Waals surface area (Å²) in [5.41, 5.74) is 1.90. The number of hydrogen-bond donors (Lipinski definition) is 1. The molecule has 0 atom stereocenters. The molecule has 0 aliphatic heterocycles. The van der Waals surface area contributed by atoms with Crippen molar-refractivity contribution in [3.8, 4) is 17.0 Å². The Morgan fingerprint density at radius 3 is 2.39 bits per heavy atom. The predicted octanol–water partition coefficient (Wildman–Crippen LogP) is 8.05. The third-order valence-corrected chi connectivity index (χ3v) is 9.12.